The van der Waals surface area contributed by atoms with Crippen LogP contribution in [0.4, 0.5) is 0 Å². The third kappa shape index (κ3) is 2.27. The van der Waals surface area contributed by atoms with E-state index in [-0.39, 0.29) is 11.0 Å². The minimum Gasteiger partial charge on any atom is -0.339 e. The Morgan fingerprint density at radius 2 is 1.89 bits per heavy atom. The van der Waals surface area contributed by atoms with Crippen LogP contribution >= 0.6 is 0 Å². The molecule has 2 fully saturated rings. The number of benzene rings is 1. The fourth-order valence-corrected chi connectivity index (χ4v) is 3.13. The summed E-state index contributed by atoms with van der Waals surface area (Å²) in [7, 11) is 0. The number of amides is 1. The highest BCUT2D eigenvalue weighted by Crippen LogP contribution is 2.49. The summed E-state index contributed by atoms with van der Waals surface area (Å²) in [6.45, 7) is 6.85. The Bertz CT molecular complexity index is 477. The number of hydrogen-bond acceptors (Lipinski definition) is 2. The van der Waals surface area contributed by atoms with Crippen molar-refractivity contribution in [2.45, 2.75) is 37.6 Å². The zero-order chi connectivity index (χ0) is 13.5. The fourth-order valence-electron chi connectivity index (χ4n) is 3.13. The molecule has 1 heterocycles. The number of nitrogens with zero attached hydrogens (tertiary/aromatic N) is 1. The van der Waals surface area contributed by atoms with E-state index >= 15 is 0 Å². The molecule has 3 nitrogen and oxygen atoms in total. The number of carbonyl (C=O) groups excluding carboxylic acids is 1. The maximum absolute atomic E-state index is 12.9. The first kappa shape index (κ1) is 12.7. The zero-order valence-corrected chi connectivity index (χ0v) is 11.8. The molecule has 19 heavy (non-hydrogen) atoms. The molecule has 1 aliphatic carbocycles. The Morgan fingerprint density at radius 3 is 2.47 bits per heavy atom. The lowest BCUT2D eigenvalue weighted by Crippen LogP contribution is -2.59. The van der Waals surface area contributed by atoms with Gasteiger partial charge in [0.25, 0.3) is 0 Å². The van der Waals surface area contributed by atoms with Crippen LogP contribution in [0.5, 0.6) is 0 Å². The lowest BCUT2D eigenvalue weighted by atomic mass is 9.92. The van der Waals surface area contributed by atoms with Gasteiger partial charge in [-0.05, 0) is 32.3 Å². The van der Waals surface area contributed by atoms with Crippen molar-refractivity contribution in [1.29, 1.82) is 0 Å². The average molecular weight is 258 g/mol. The molecule has 1 N–H and O–H groups in total. The summed E-state index contributed by atoms with van der Waals surface area (Å²) in [5.41, 5.74) is 1.01. The Hall–Kier alpha value is -1.35. The second kappa shape index (κ2) is 4.34. The van der Waals surface area contributed by atoms with E-state index in [2.05, 4.69) is 36.2 Å². The van der Waals surface area contributed by atoms with Crippen LogP contribution in [0.2, 0.25) is 0 Å². The minimum atomic E-state index is -0.214. The quantitative estimate of drug-likeness (QED) is 0.879. The van der Waals surface area contributed by atoms with Gasteiger partial charge in [-0.1, -0.05) is 30.3 Å². The molecule has 1 saturated carbocycles. The number of rotatable bonds is 2. The van der Waals surface area contributed by atoms with Gasteiger partial charge < -0.3 is 10.2 Å². The van der Waals surface area contributed by atoms with Crippen molar-refractivity contribution in [2.24, 2.45) is 0 Å². The summed E-state index contributed by atoms with van der Waals surface area (Å²) in [6.07, 6.45) is 2.00. The first-order chi connectivity index (χ1) is 9.04. The molecule has 1 amide bonds. The van der Waals surface area contributed by atoms with E-state index in [1.807, 2.05) is 18.2 Å². The van der Waals surface area contributed by atoms with Crippen LogP contribution in [0.1, 0.15) is 32.3 Å². The van der Waals surface area contributed by atoms with Crippen molar-refractivity contribution in [2.75, 3.05) is 19.6 Å². The monoisotopic (exact) mass is 258 g/mol. The lowest BCUT2D eigenvalue weighted by molar-refractivity contribution is -0.136. The summed E-state index contributed by atoms with van der Waals surface area (Å²) in [5, 5.41) is 3.46. The van der Waals surface area contributed by atoms with E-state index in [4.69, 9.17) is 0 Å². The Kier molecular flexibility index (Phi) is 2.90. The maximum Gasteiger partial charge on any atom is 0.233 e. The molecule has 1 saturated heterocycles. The molecule has 1 aromatic rings. The van der Waals surface area contributed by atoms with Gasteiger partial charge in [-0.2, -0.15) is 0 Å². The smallest absolute Gasteiger partial charge is 0.233 e. The average Bonchev–Trinajstić information content (AvgIpc) is 3.19. The van der Waals surface area contributed by atoms with Crippen LogP contribution < -0.4 is 5.32 Å². The second-order valence-electron chi connectivity index (χ2n) is 6.49. The second-order valence-corrected chi connectivity index (χ2v) is 6.49. The molecule has 3 rings (SSSR count). The Balaban J connectivity index is 1.81. The SMILES string of the molecule is CC1(C)CN(C(=O)C2(c3ccccc3)CC2)CCN1. The van der Waals surface area contributed by atoms with Gasteiger partial charge in [-0.15, -0.1) is 0 Å². The minimum absolute atomic E-state index is 0.0285. The topological polar surface area (TPSA) is 32.3 Å². The number of nitrogens with one attached hydrogen (secondary N) is 1. The molecule has 102 valence electrons. The zero-order valence-electron chi connectivity index (χ0n) is 11.8. The lowest BCUT2D eigenvalue weighted by Gasteiger charge is -2.40. The summed E-state index contributed by atoms with van der Waals surface area (Å²) in [4.78, 5) is 14.9. The summed E-state index contributed by atoms with van der Waals surface area (Å²) < 4.78 is 0. The number of hydrogen-bond donors (Lipinski definition) is 1. The van der Waals surface area contributed by atoms with Crippen molar-refractivity contribution in [3.63, 3.8) is 0 Å². The standard InChI is InChI=1S/C16H22N2O/c1-15(2)12-18(11-10-17-15)14(19)16(8-9-16)13-6-4-3-5-7-13/h3-7,17H,8-12H2,1-2H3. The largest absolute Gasteiger partial charge is 0.339 e. The molecule has 0 aromatic heterocycles. The summed E-state index contributed by atoms with van der Waals surface area (Å²) >= 11 is 0. The van der Waals surface area contributed by atoms with Gasteiger partial charge in [-0.3, -0.25) is 4.79 Å². The molecule has 2 aliphatic rings. The molecule has 0 radical (unpaired) electrons. The molecule has 3 heteroatoms. The number of carbonyl (C=O) groups is 1. The van der Waals surface area contributed by atoms with Crippen LogP contribution in [-0.4, -0.2) is 36.0 Å². The molecule has 0 unspecified atom stereocenters. The first-order valence-electron chi connectivity index (χ1n) is 7.14. The van der Waals surface area contributed by atoms with Crippen LogP contribution in [0.3, 0.4) is 0 Å². The molecule has 0 atom stereocenters. The van der Waals surface area contributed by atoms with E-state index in [1.165, 1.54) is 5.56 Å². The Morgan fingerprint density at radius 1 is 1.21 bits per heavy atom. The van der Waals surface area contributed by atoms with Crippen LogP contribution in [0.15, 0.2) is 30.3 Å². The summed E-state index contributed by atoms with van der Waals surface area (Å²) in [5.74, 6) is 0.327. The maximum atomic E-state index is 12.9. The first-order valence-corrected chi connectivity index (χ1v) is 7.14. The highest BCUT2D eigenvalue weighted by molar-refractivity contribution is 5.91. The Labute approximate surface area is 115 Å². The molecular formula is C16H22N2O. The predicted octanol–water partition coefficient (Wildman–Crippen LogP) is 1.93. The van der Waals surface area contributed by atoms with Gasteiger partial charge in [0, 0.05) is 25.2 Å². The van der Waals surface area contributed by atoms with E-state index in [0.717, 1.165) is 32.5 Å². The van der Waals surface area contributed by atoms with Crippen molar-refractivity contribution >= 4 is 5.91 Å². The fraction of sp³-hybridized carbons (Fsp3) is 0.562. The highest BCUT2D eigenvalue weighted by Gasteiger charge is 2.53. The van der Waals surface area contributed by atoms with Gasteiger partial charge in [0.15, 0.2) is 0 Å². The third-order valence-electron chi connectivity index (χ3n) is 4.34. The highest BCUT2D eigenvalue weighted by atomic mass is 16.2. The van der Waals surface area contributed by atoms with E-state index in [1.54, 1.807) is 0 Å². The normalized spacial score (nSPS) is 24.0. The predicted molar refractivity (Wildman–Crippen MR) is 76.0 cm³/mol. The van der Waals surface area contributed by atoms with Gasteiger partial charge in [0.05, 0.1) is 5.41 Å². The van der Waals surface area contributed by atoms with Gasteiger partial charge in [-0.25, -0.2) is 0 Å². The van der Waals surface area contributed by atoms with Crippen LogP contribution in [0.25, 0.3) is 0 Å². The molecular weight excluding hydrogens is 236 g/mol. The number of piperazine rings is 1. The van der Waals surface area contributed by atoms with E-state index < -0.39 is 0 Å². The van der Waals surface area contributed by atoms with Gasteiger partial charge >= 0.3 is 0 Å². The molecule has 0 spiro atoms. The molecule has 0 bridgehead atoms. The molecule has 1 aromatic carbocycles. The molecule has 1 aliphatic heterocycles. The van der Waals surface area contributed by atoms with Crippen molar-refractivity contribution in [3.05, 3.63) is 35.9 Å². The van der Waals surface area contributed by atoms with Crippen LogP contribution in [-0.2, 0) is 10.2 Å². The van der Waals surface area contributed by atoms with Crippen molar-refractivity contribution in [3.8, 4) is 0 Å². The van der Waals surface area contributed by atoms with E-state index in [9.17, 15) is 4.79 Å². The van der Waals surface area contributed by atoms with Crippen molar-refractivity contribution < 1.29 is 4.79 Å². The van der Waals surface area contributed by atoms with Gasteiger partial charge in [0.2, 0.25) is 5.91 Å². The summed E-state index contributed by atoms with van der Waals surface area (Å²) in [6, 6.07) is 10.3. The van der Waals surface area contributed by atoms with Crippen molar-refractivity contribution in [1.82, 2.24) is 10.2 Å². The third-order valence-corrected chi connectivity index (χ3v) is 4.34. The van der Waals surface area contributed by atoms with E-state index in [0.29, 0.717) is 5.91 Å². The van der Waals surface area contributed by atoms with Gasteiger partial charge in [0.1, 0.15) is 0 Å². The van der Waals surface area contributed by atoms with Crippen LogP contribution in [0, 0.1) is 0 Å².